The summed E-state index contributed by atoms with van der Waals surface area (Å²) >= 11 is 0. The summed E-state index contributed by atoms with van der Waals surface area (Å²) < 4.78 is 5.09. The first-order chi connectivity index (χ1) is 8.63. The minimum absolute atomic E-state index is 0.554. The van der Waals surface area contributed by atoms with Crippen LogP contribution in [-0.4, -0.2) is 24.2 Å². The highest BCUT2D eigenvalue weighted by molar-refractivity contribution is 5.72. The van der Waals surface area contributed by atoms with Crippen LogP contribution in [0.1, 0.15) is 31.2 Å². The number of benzene rings is 1. The number of rotatable bonds is 8. The predicted molar refractivity (Wildman–Crippen MR) is 70.8 cm³/mol. The summed E-state index contributed by atoms with van der Waals surface area (Å²) in [6.45, 7) is 0. The van der Waals surface area contributed by atoms with Gasteiger partial charge < -0.3 is 15.6 Å². The van der Waals surface area contributed by atoms with Crippen molar-refractivity contribution in [3.63, 3.8) is 0 Å². The van der Waals surface area contributed by atoms with E-state index < -0.39 is 12.0 Å². The second-order valence-electron chi connectivity index (χ2n) is 4.39. The van der Waals surface area contributed by atoms with Crippen molar-refractivity contribution in [1.82, 2.24) is 0 Å². The minimum Gasteiger partial charge on any atom is -0.497 e. The van der Waals surface area contributed by atoms with Crippen LogP contribution in [0.2, 0.25) is 0 Å². The molecule has 0 saturated heterocycles. The van der Waals surface area contributed by atoms with Gasteiger partial charge in [-0.25, -0.2) is 0 Å². The van der Waals surface area contributed by atoms with E-state index in [1.54, 1.807) is 7.11 Å². The lowest BCUT2D eigenvalue weighted by molar-refractivity contribution is -0.138. The molecule has 4 nitrogen and oxygen atoms in total. The van der Waals surface area contributed by atoms with Crippen molar-refractivity contribution < 1.29 is 14.6 Å². The van der Waals surface area contributed by atoms with Gasteiger partial charge in [-0.15, -0.1) is 0 Å². The van der Waals surface area contributed by atoms with Crippen LogP contribution in [0.5, 0.6) is 5.75 Å². The van der Waals surface area contributed by atoms with Crippen LogP contribution >= 0.6 is 0 Å². The van der Waals surface area contributed by atoms with Crippen molar-refractivity contribution in [3.05, 3.63) is 29.8 Å². The minimum atomic E-state index is -0.912. The van der Waals surface area contributed by atoms with Crippen molar-refractivity contribution in [2.75, 3.05) is 7.11 Å². The molecule has 0 amide bonds. The molecule has 3 N–H and O–H groups in total. The number of carbonyl (C=O) groups is 1. The maximum Gasteiger partial charge on any atom is 0.320 e. The fraction of sp³-hybridized carbons (Fsp3) is 0.500. The Labute approximate surface area is 108 Å². The molecule has 1 aromatic carbocycles. The number of aryl methyl sites for hydroxylation is 1. The number of aliphatic carboxylic acids is 1. The SMILES string of the molecule is COc1ccc(CCCCC[C@@H](N)C(=O)O)cc1. The highest BCUT2D eigenvalue weighted by Gasteiger charge is 2.09. The first-order valence-corrected chi connectivity index (χ1v) is 6.25. The molecule has 0 aliphatic rings. The quantitative estimate of drug-likeness (QED) is 0.695. The van der Waals surface area contributed by atoms with Crippen molar-refractivity contribution in [2.45, 2.75) is 38.1 Å². The van der Waals surface area contributed by atoms with E-state index in [0.29, 0.717) is 6.42 Å². The molecule has 0 aromatic heterocycles. The summed E-state index contributed by atoms with van der Waals surface area (Å²) in [4.78, 5) is 10.5. The maximum absolute atomic E-state index is 10.5. The van der Waals surface area contributed by atoms with Crippen LogP contribution in [0.3, 0.4) is 0 Å². The number of carboxylic acids is 1. The molecule has 0 heterocycles. The van der Waals surface area contributed by atoms with Gasteiger partial charge in [0, 0.05) is 0 Å². The van der Waals surface area contributed by atoms with Crippen LogP contribution in [0, 0.1) is 0 Å². The van der Waals surface area contributed by atoms with E-state index in [4.69, 9.17) is 15.6 Å². The van der Waals surface area contributed by atoms with Crippen LogP contribution < -0.4 is 10.5 Å². The lowest BCUT2D eigenvalue weighted by Crippen LogP contribution is -2.29. The van der Waals surface area contributed by atoms with E-state index in [1.807, 2.05) is 12.1 Å². The Morgan fingerprint density at radius 1 is 1.28 bits per heavy atom. The zero-order valence-electron chi connectivity index (χ0n) is 10.8. The number of carboxylic acid groups (broad SMARTS) is 1. The molecule has 100 valence electrons. The molecule has 0 radical (unpaired) electrons. The standard InChI is InChI=1S/C14H21NO3/c1-18-12-9-7-11(8-10-12)5-3-2-4-6-13(15)14(16)17/h7-10,13H,2-6,15H2,1H3,(H,16,17)/t13-/m1/s1. The van der Waals surface area contributed by atoms with Crippen molar-refractivity contribution in [3.8, 4) is 5.75 Å². The van der Waals surface area contributed by atoms with E-state index in [9.17, 15) is 4.79 Å². The number of unbranched alkanes of at least 4 members (excludes halogenated alkanes) is 2. The van der Waals surface area contributed by atoms with Gasteiger partial charge in [0.15, 0.2) is 0 Å². The molecular weight excluding hydrogens is 230 g/mol. The second kappa shape index (κ2) is 7.71. The van der Waals surface area contributed by atoms with Crippen LogP contribution in [0.25, 0.3) is 0 Å². The Kier molecular flexibility index (Phi) is 6.22. The third-order valence-electron chi connectivity index (χ3n) is 2.96. The Hall–Kier alpha value is -1.55. The topological polar surface area (TPSA) is 72.5 Å². The normalized spacial score (nSPS) is 12.1. The summed E-state index contributed by atoms with van der Waals surface area (Å²) in [5.41, 5.74) is 6.70. The lowest BCUT2D eigenvalue weighted by atomic mass is 10.0. The fourth-order valence-electron chi connectivity index (χ4n) is 1.79. The van der Waals surface area contributed by atoms with E-state index >= 15 is 0 Å². The number of methoxy groups -OCH3 is 1. The monoisotopic (exact) mass is 251 g/mol. The van der Waals surface area contributed by atoms with Gasteiger partial charge in [0.2, 0.25) is 0 Å². The van der Waals surface area contributed by atoms with E-state index in [2.05, 4.69) is 12.1 Å². The Morgan fingerprint density at radius 3 is 2.50 bits per heavy atom. The summed E-state index contributed by atoms with van der Waals surface area (Å²) in [6, 6.07) is 7.31. The highest BCUT2D eigenvalue weighted by atomic mass is 16.5. The van der Waals surface area contributed by atoms with E-state index in [-0.39, 0.29) is 0 Å². The van der Waals surface area contributed by atoms with Gasteiger partial charge in [0.05, 0.1) is 7.11 Å². The van der Waals surface area contributed by atoms with Gasteiger partial charge in [-0.2, -0.15) is 0 Å². The van der Waals surface area contributed by atoms with Gasteiger partial charge in [0.1, 0.15) is 11.8 Å². The second-order valence-corrected chi connectivity index (χ2v) is 4.39. The molecule has 1 aromatic rings. The third-order valence-corrected chi connectivity index (χ3v) is 2.96. The first-order valence-electron chi connectivity index (χ1n) is 6.25. The molecule has 1 atom stereocenters. The van der Waals surface area contributed by atoms with Crippen LogP contribution in [0.15, 0.2) is 24.3 Å². The zero-order valence-corrected chi connectivity index (χ0v) is 10.8. The summed E-state index contributed by atoms with van der Waals surface area (Å²) in [6.07, 6.45) is 4.49. The fourth-order valence-corrected chi connectivity index (χ4v) is 1.79. The maximum atomic E-state index is 10.5. The molecule has 0 unspecified atom stereocenters. The molecule has 0 bridgehead atoms. The molecule has 0 fully saturated rings. The van der Waals surface area contributed by atoms with E-state index in [1.165, 1.54) is 5.56 Å². The number of nitrogens with two attached hydrogens (primary N) is 1. The molecule has 0 saturated carbocycles. The first kappa shape index (κ1) is 14.5. The highest BCUT2D eigenvalue weighted by Crippen LogP contribution is 2.14. The van der Waals surface area contributed by atoms with Crippen LogP contribution in [-0.2, 0) is 11.2 Å². The van der Waals surface area contributed by atoms with Crippen molar-refractivity contribution >= 4 is 5.97 Å². The summed E-state index contributed by atoms with van der Waals surface area (Å²) in [7, 11) is 1.65. The largest absolute Gasteiger partial charge is 0.497 e. The average molecular weight is 251 g/mol. The smallest absolute Gasteiger partial charge is 0.320 e. The molecule has 18 heavy (non-hydrogen) atoms. The lowest BCUT2D eigenvalue weighted by Gasteiger charge is -2.06. The average Bonchev–Trinajstić information content (AvgIpc) is 2.38. The Balaban J connectivity index is 2.15. The summed E-state index contributed by atoms with van der Waals surface area (Å²) in [5.74, 6) is -0.0451. The van der Waals surface area contributed by atoms with Gasteiger partial charge in [-0.1, -0.05) is 25.0 Å². The van der Waals surface area contributed by atoms with Crippen molar-refractivity contribution in [2.24, 2.45) is 5.73 Å². The predicted octanol–water partition coefficient (Wildman–Crippen LogP) is 2.21. The summed E-state index contributed by atoms with van der Waals surface area (Å²) in [5, 5.41) is 8.63. The molecule has 0 aliphatic carbocycles. The molecule has 0 aliphatic heterocycles. The zero-order chi connectivity index (χ0) is 13.4. The van der Waals surface area contributed by atoms with Gasteiger partial charge in [-0.3, -0.25) is 4.79 Å². The molecule has 1 rings (SSSR count). The van der Waals surface area contributed by atoms with Gasteiger partial charge in [-0.05, 0) is 37.0 Å². The Morgan fingerprint density at radius 2 is 1.94 bits per heavy atom. The van der Waals surface area contributed by atoms with E-state index in [0.717, 1.165) is 31.4 Å². The molecular formula is C14H21NO3. The van der Waals surface area contributed by atoms with Gasteiger partial charge >= 0.3 is 5.97 Å². The molecule has 0 spiro atoms. The number of hydrogen-bond acceptors (Lipinski definition) is 3. The van der Waals surface area contributed by atoms with Crippen molar-refractivity contribution in [1.29, 1.82) is 0 Å². The van der Waals surface area contributed by atoms with Gasteiger partial charge in [0.25, 0.3) is 0 Å². The number of hydrogen-bond donors (Lipinski definition) is 2. The van der Waals surface area contributed by atoms with Crippen LogP contribution in [0.4, 0.5) is 0 Å². The number of ether oxygens (including phenoxy) is 1. The Bertz CT molecular complexity index is 362. The third kappa shape index (κ3) is 5.19. The molecule has 4 heteroatoms.